The number of hydrogen-bond donors (Lipinski definition) is 3. The Morgan fingerprint density at radius 3 is 2.77 bits per heavy atom. The maximum atomic E-state index is 11.4. The highest BCUT2D eigenvalue weighted by Gasteiger charge is 2.25. The summed E-state index contributed by atoms with van der Waals surface area (Å²) in [6.07, 6.45) is 0.341. The fraction of sp³-hybridized carbons (Fsp3) is 0.278. The standard InChI is InChI=1S/C18H19N3O5/c1-18(23,12-5-3-2-4-6-12)7-8-19-13-9-14-16(10-15(13)21(24)25)26-11-17(22)20-14/h2-6,9-10,19,23H,7-8,11H2,1H3,(H,20,22). The number of aliphatic hydroxyl groups is 1. The minimum Gasteiger partial charge on any atom is -0.481 e. The first-order chi connectivity index (χ1) is 12.4. The molecule has 1 amide bonds. The first-order valence-electron chi connectivity index (χ1n) is 8.14. The van der Waals surface area contributed by atoms with Crippen LogP contribution in [0, 0.1) is 10.1 Å². The van der Waals surface area contributed by atoms with Gasteiger partial charge in [-0.15, -0.1) is 0 Å². The normalized spacial score (nSPS) is 15.2. The first-order valence-corrected chi connectivity index (χ1v) is 8.14. The Kier molecular flexibility index (Phi) is 4.77. The highest BCUT2D eigenvalue weighted by molar-refractivity contribution is 5.96. The van der Waals surface area contributed by atoms with Crippen molar-refractivity contribution in [2.75, 3.05) is 23.8 Å². The number of nitro benzene ring substituents is 1. The van der Waals surface area contributed by atoms with Gasteiger partial charge in [0.25, 0.3) is 11.6 Å². The lowest BCUT2D eigenvalue weighted by Gasteiger charge is -2.24. The van der Waals surface area contributed by atoms with E-state index in [2.05, 4.69) is 10.6 Å². The van der Waals surface area contributed by atoms with Gasteiger partial charge >= 0.3 is 0 Å². The van der Waals surface area contributed by atoms with Crippen LogP contribution in [-0.4, -0.2) is 29.1 Å². The van der Waals surface area contributed by atoms with Crippen molar-refractivity contribution in [2.24, 2.45) is 0 Å². The molecule has 1 heterocycles. The van der Waals surface area contributed by atoms with Crippen molar-refractivity contribution in [3.05, 3.63) is 58.1 Å². The molecule has 2 aromatic carbocycles. The third-order valence-electron chi connectivity index (χ3n) is 4.25. The molecule has 1 aliphatic rings. The first kappa shape index (κ1) is 17.7. The average molecular weight is 357 g/mol. The summed E-state index contributed by atoms with van der Waals surface area (Å²) in [5.41, 5.74) is 0.170. The lowest BCUT2D eigenvalue weighted by atomic mass is 9.92. The van der Waals surface area contributed by atoms with Crippen LogP contribution in [0.1, 0.15) is 18.9 Å². The minimum atomic E-state index is -1.07. The zero-order chi connectivity index (χ0) is 18.7. The Hall–Kier alpha value is -3.13. The van der Waals surface area contributed by atoms with E-state index in [0.717, 1.165) is 5.56 Å². The van der Waals surface area contributed by atoms with E-state index in [9.17, 15) is 20.0 Å². The van der Waals surface area contributed by atoms with Crippen LogP contribution in [0.2, 0.25) is 0 Å². The van der Waals surface area contributed by atoms with Crippen LogP contribution in [0.15, 0.2) is 42.5 Å². The smallest absolute Gasteiger partial charge is 0.296 e. The van der Waals surface area contributed by atoms with Gasteiger partial charge in [0, 0.05) is 6.54 Å². The molecule has 3 rings (SSSR count). The van der Waals surface area contributed by atoms with Crippen molar-refractivity contribution in [1.29, 1.82) is 0 Å². The van der Waals surface area contributed by atoms with Crippen molar-refractivity contribution in [3.63, 3.8) is 0 Å². The van der Waals surface area contributed by atoms with E-state index in [0.29, 0.717) is 18.7 Å². The zero-order valence-electron chi connectivity index (χ0n) is 14.2. The summed E-state index contributed by atoms with van der Waals surface area (Å²) in [5.74, 6) is -0.0533. The van der Waals surface area contributed by atoms with E-state index in [-0.39, 0.29) is 29.6 Å². The Balaban J connectivity index is 1.76. The maximum Gasteiger partial charge on any atom is 0.296 e. The van der Waals surface area contributed by atoms with E-state index < -0.39 is 10.5 Å². The number of fused-ring (bicyclic) bond motifs is 1. The van der Waals surface area contributed by atoms with Crippen molar-refractivity contribution in [3.8, 4) is 5.75 Å². The number of rotatable bonds is 6. The molecule has 1 aliphatic heterocycles. The molecule has 0 fully saturated rings. The fourth-order valence-corrected chi connectivity index (χ4v) is 2.79. The Morgan fingerprint density at radius 2 is 2.08 bits per heavy atom. The van der Waals surface area contributed by atoms with Gasteiger partial charge in [0.1, 0.15) is 5.69 Å². The molecule has 8 nitrogen and oxygen atoms in total. The van der Waals surface area contributed by atoms with Gasteiger partial charge in [0.2, 0.25) is 0 Å². The molecule has 0 spiro atoms. The minimum absolute atomic E-state index is 0.153. The molecule has 1 atom stereocenters. The number of nitrogens with one attached hydrogen (secondary N) is 2. The Morgan fingerprint density at radius 1 is 1.35 bits per heavy atom. The van der Waals surface area contributed by atoms with Crippen molar-refractivity contribution < 1.29 is 19.6 Å². The van der Waals surface area contributed by atoms with Gasteiger partial charge in [-0.05, 0) is 25.0 Å². The largest absolute Gasteiger partial charge is 0.481 e. The molecular weight excluding hydrogens is 338 g/mol. The number of ether oxygens (including phenoxy) is 1. The lowest BCUT2D eigenvalue weighted by molar-refractivity contribution is -0.384. The highest BCUT2D eigenvalue weighted by Crippen LogP contribution is 2.38. The quantitative estimate of drug-likeness (QED) is 0.541. The summed E-state index contributed by atoms with van der Waals surface area (Å²) in [5, 5.41) is 27.5. The topological polar surface area (TPSA) is 114 Å². The van der Waals surface area contributed by atoms with E-state index in [4.69, 9.17) is 4.74 Å². The lowest BCUT2D eigenvalue weighted by Crippen LogP contribution is -2.26. The van der Waals surface area contributed by atoms with Gasteiger partial charge in [-0.25, -0.2) is 0 Å². The maximum absolute atomic E-state index is 11.4. The second kappa shape index (κ2) is 7.01. The second-order valence-corrected chi connectivity index (χ2v) is 6.28. The average Bonchev–Trinajstić information content (AvgIpc) is 2.61. The van der Waals surface area contributed by atoms with Crippen LogP contribution >= 0.6 is 0 Å². The monoisotopic (exact) mass is 357 g/mol. The van der Waals surface area contributed by atoms with Crippen LogP contribution < -0.4 is 15.4 Å². The Labute approximate surface area is 149 Å². The van der Waals surface area contributed by atoms with Gasteiger partial charge in [-0.3, -0.25) is 14.9 Å². The molecule has 26 heavy (non-hydrogen) atoms. The molecule has 0 radical (unpaired) electrons. The third kappa shape index (κ3) is 3.75. The number of carbonyl (C=O) groups excluding carboxylic acids is 1. The number of nitrogens with zero attached hydrogens (tertiary/aromatic N) is 1. The third-order valence-corrected chi connectivity index (χ3v) is 4.25. The summed E-state index contributed by atoms with van der Waals surface area (Å²) < 4.78 is 5.21. The number of benzene rings is 2. The van der Waals surface area contributed by atoms with Crippen LogP contribution in [0.3, 0.4) is 0 Å². The predicted octanol–water partition coefficient (Wildman–Crippen LogP) is 2.64. The second-order valence-electron chi connectivity index (χ2n) is 6.28. The summed E-state index contributed by atoms with van der Waals surface area (Å²) in [6, 6.07) is 12.0. The molecular formula is C18H19N3O5. The predicted molar refractivity (Wildman–Crippen MR) is 96.3 cm³/mol. The molecule has 1 unspecified atom stereocenters. The highest BCUT2D eigenvalue weighted by atomic mass is 16.6. The van der Waals surface area contributed by atoms with Gasteiger partial charge in [0.15, 0.2) is 12.4 Å². The molecule has 0 saturated carbocycles. The number of hydrogen-bond acceptors (Lipinski definition) is 6. The molecule has 0 bridgehead atoms. The fourth-order valence-electron chi connectivity index (χ4n) is 2.79. The molecule has 136 valence electrons. The summed E-state index contributed by atoms with van der Waals surface area (Å²) in [6.45, 7) is 1.83. The van der Waals surface area contributed by atoms with Crippen molar-refractivity contribution in [1.82, 2.24) is 0 Å². The summed E-state index contributed by atoms with van der Waals surface area (Å²) in [4.78, 5) is 22.2. The SMILES string of the molecule is CC(O)(CCNc1cc2c(cc1[N+](=O)[O-])OCC(=O)N2)c1ccccc1. The van der Waals surface area contributed by atoms with E-state index in [1.807, 2.05) is 30.3 Å². The van der Waals surface area contributed by atoms with Gasteiger partial charge in [-0.1, -0.05) is 30.3 Å². The number of nitro groups is 1. The van der Waals surface area contributed by atoms with Crippen LogP contribution in [0.4, 0.5) is 17.1 Å². The van der Waals surface area contributed by atoms with E-state index in [1.54, 1.807) is 6.92 Å². The Bertz CT molecular complexity index is 836. The molecule has 3 N–H and O–H groups in total. The number of anilines is 2. The van der Waals surface area contributed by atoms with Gasteiger partial charge < -0.3 is 20.5 Å². The number of carbonyl (C=O) groups is 1. The van der Waals surface area contributed by atoms with Crippen LogP contribution in [-0.2, 0) is 10.4 Å². The summed E-state index contributed by atoms with van der Waals surface area (Å²) in [7, 11) is 0. The summed E-state index contributed by atoms with van der Waals surface area (Å²) >= 11 is 0. The molecule has 2 aromatic rings. The zero-order valence-corrected chi connectivity index (χ0v) is 14.2. The molecule has 0 aromatic heterocycles. The van der Waals surface area contributed by atoms with Gasteiger partial charge in [-0.2, -0.15) is 0 Å². The van der Waals surface area contributed by atoms with Crippen LogP contribution in [0.25, 0.3) is 0 Å². The molecule has 0 saturated heterocycles. The van der Waals surface area contributed by atoms with Crippen molar-refractivity contribution >= 4 is 23.0 Å². The number of amides is 1. The van der Waals surface area contributed by atoms with E-state index >= 15 is 0 Å². The van der Waals surface area contributed by atoms with Crippen molar-refractivity contribution in [2.45, 2.75) is 18.9 Å². The molecule has 8 heteroatoms. The van der Waals surface area contributed by atoms with Crippen LogP contribution in [0.5, 0.6) is 5.75 Å². The van der Waals surface area contributed by atoms with Gasteiger partial charge in [0.05, 0.1) is 22.3 Å². The molecule has 0 aliphatic carbocycles. The van der Waals surface area contributed by atoms with E-state index in [1.165, 1.54) is 12.1 Å².